The molecule has 5 nitrogen and oxygen atoms in total. The lowest BCUT2D eigenvalue weighted by Crippen LogP contribution is -2.30. The summed E-state index contributed by atoms with van der Waals surface area (Å²) in [6.07, 6.45) is 1.59. The molecule has 0 fully saturated rings. The molecule has 0 aliphatic carbocycles. The molecule has 0 amide bonds. The van der Waals surface area contributed by atoms with Crippen LogP contribution in [0.2, 0.25) is 0 Å². The van der Waals surface area contributed by atoms with Gasteiger partial charge < -0.3 is 14.2 Å². The average molecular weight is 408 g/mol. The van der Waals surface area contributed by atoms with E-state index in [1.165, 1.54) is 5.56 Å². The number of rotatable bonds is 4. The fourth-order valence-corrected chi connectivity index (χ4v) is 4.44. The van der Waals surface area contributed by atoms with Crippen LogP contribution in [0.1, 0.15) is 67.2 Å². The standard InChI is InChI=1S/C25H29NO4/c1-7-29-23(27)16-10-8-9-15(11-16)21-20-17(13-24(2,3)26-21)12-19(28-6)22-18(20)14-25(4,5)30-22/h8-12H,7,13-14H2,1-6H3. The third kappa shape index (κ3) is 3.57. The highest BCUT2D eigenvalue weighted by Crippen LogP contribution is 2.47. The molecule has 30 heavy (non-hydrogen) atoms. The normalized spacial score (nSPS) is 18.0. The predicted octanol–water partition coefficient (Wildman–Crippen LogP) is 4.76. The van der Waals surface area contributed by atoms with Crippen LogP contribution in [0.25, 0.3) is 0 Å². The first-order chi connectivity index (χ1) is 14.1. The first-order valence-corrected chi connectivity index (χ1v) is 10.4. The molecule has 2 aromatic carbocycles. The Kier molecular flexibility index (Phi) is 4.88. The molecule has 0 saturated heterocycles. The molecule has 2 heterocycles. The van der Waals surface area contributed by atoms with Crippen molar-refractivity contribution in [3.8, 4) is 11.5 Å². The van der Waals surface area contributed by atoms with Crippen LogP contribution in [0.4, 0.5) is 0 Å². The van der Waals surface area contributed by atoms with Crippen LogP contribution in [-0.2, 0) is 17.6 Å². The van der Waals surface area contributed by atoms with Gasteiger partial charge in [-0.25, -0.2) is 4.79 Å². The Balaban J connectivity index is 1.92. The molecule has 0 spiro atoms. The fraction of sp³-hybridized carbons (Fsp3) is 0.440. The minimum atomic E-state index is -0.320. The largest absolute Gasteiger partial charge is 0.493 e. The van der Waals surface area contributed by atoms with E-state index in [0.29, 0.717) is 12.2 Å². The van der Waals surface area contributed by atoms with E-state index in [4.69, 9.17) is 19.2 Å². The van der Waals surface area contributed by atoms with Gasteiger partial charge in [-0.15, -0.1) is 0 Å². The lowest BCUT2D eigenvalue weighted by Gasteiger charge is -2.31. The summed E-state index contributed by atoms with van der Waals surface area (Å²) in [7, 11) is 1.68. The van der Waals surface area contributed by atoms with Gasteiger partial charge in [0, 0.05) is 23.1 Å². The first-order valence-electron chi connectivity index (χ1n) is 10.4. The fourth-order valence-electron chi connectivity index (χ4n) is 4.44. The van der Waals surface area contributed by atoms with E-state index in [2.05, 4.69) is 33.8 Å². The summed E-state index contributed by atoms with van der Waals surface area (Å²) in [6.45, 7) is 10.6. The van der Waals surface area contributed by atoms with Gasteiger partial charge in [-0.05, 0) is 64.8 Å². The number of aliphatic imine (C=N–C) groups is 1. The SMILES string of the molecule is CCOC(=O)c1cccc(C2=NC(C)(C)Cc3cc(OC)c4c(c32)CC(C)(C)O4)c1. The Labute approximate surface area is 178 Å². The summed E-state index contributed by atoms with van der Waals surface area (Å²) in [4.78, 5) is 17.4. The second-order valence-electron chi connectivity index (χ2n) is 9.21. The van der Waals surface area contributed by atoms with E-state index in [9.17, 15) is 4.79 Å². The summed E-state index contributed by atoms with van der Waals surface area (Å²) in [5, 5.41) is 0. The van der Waals surface area contributed by atoms with Crippen molar-refractivity contribution in [1.82, 2.24) is 0 Å². The molecule has 158 valence electrons. The van der Waals surface area contributed by atoms with E-state index in [1.54, 1.807) is 13.2 Å². The number of hydrogen-bond donors (Lipinski definition) is 0. The van der Waals surface area contributed by atoms with Crippen LogP contribution < -0.4 is 9.47 Å². The van der Waals surface area contributed by atoms with Crippen molar-refractivity contribution < 1.29 is 19.0 Å². The van der Waals surface area contributed by atoms with Crippen molar-refractivity contribution >= 4 is 11.7 Å². The van der Waals surface area contributed by atoms with Gasteiger partial charge in [-0.2, -0.15) is 0 Å². The Hall–Kier alpha value is -2.82. The zero-order valence-electron chi connectivity index (χ0n) is 18.6. The van der Waals surface area contributed by atoms with Gasteiger partial charge in [-0.1, -0.05) is 12.1 Å². The molecule has 0 atom stereocenters. The number of benzene rings is 2. The Morgan fingerprint density at radius 2 is 1.93 bits per heavy atom. The van der Waals surface area contributed by atoms with E-state index in [0.717, 1.165) is 46.7 Å². The van der Waals surface area contributed by atoms with Crippen molar-refractivity contribution in [2.45, 2.75) is 58.6 Å². The number of fused-ring (bicyclic) bond motifs is 3. The van der Waals surface area contributed by atoms with Crippen molar-refractivity contribution in [2.75, 3.05) is 13.7 Å². The molecule has 0 N–H and O–H groups in total. The van der Waals surface area contributed by atoms with Gasteiger partial charge in [0.2, 0.25) is 0 Å². The van der Waals surface area contributed by atoms with Gasteiger partial charge in [0.1, 0.15) is 5.60 Å². The molecule has 0 bridgehead atoms. The Morgan fingerprint density at radius 3 is 2.63 bits per heavy atom. The number of carbonyl (C=O) groups is 1. The monoisotopic (exact) mass is 407 g/mol. The molecular formula is C25H29NO4. The van der Waals surface area contributed by atoms with Crippen LogP contribution in [0.5, 0.6) is 11.5 Å². The number of ether oxygens (including phenoxy) is 3. The highest BCUT2D eigenvalue weighted by atomic mass is 16.5. The van der Waals surface area contributed by atoms with Crippen molar-refractivity contribution in [3.63, 3.8) is 0 Å². The molecule has 0 aromatic heterocycles. The molecule has 4 rings (SSSR count). The summed E-state index contributed by atoms with van der Waals surface area (Å²) in [5.74, 6) is 1.25. The number of hydrogen-bond acceptors (Lipinski definition) is 5. The molecule has 0 radical (unpaired) electrons. The molecule has 0 saturated carbocycles. The topological polar surface area (TPSA) is 57.1 Å². The highest BCUT2D eigenvalue weighted by molar-refractivity contribution is 6.16. The molecular weight excluding hydrogens is 378 g/mol. The predicted molar refractivity (Wildman–Crippen MR) is 117 cm³/mol. The summed E-state index contributed by atoms with van der Waals surface area (Å²) in [6, 6.07) is 9.63. The van der Waals surface area contributed by atoms with Gasteiger partial charge >= 0.3 is 5.97 Å². The van der Waals surface area contributed by atoms with Crippen LogP contribution in [0, 0.1) is 0 Å². The smallest absolute Gasteiger partial charge is 0.338 e. The third-order valence-corrected chi connectivity index (χ3v) is 5.55. The second kappa shape index (κ2) is 7.15. The zero-order chi connectivity index (χ0) is 21.7. The van der Waals surface area contributed by atoms with Gasteiger partial charge in [0.05, 0.1) is 30.5 Å². The molecule has 2 aliphatic heterocycles. The number of nitrogens with zero attached hydrogens (tertiary/aromatic N) is 1. The maximum Gasteiger partial charge on any atom is 0.338 e. The van der Waals surface area contributed by atoms with Crippen LogP contribution in [0.15, 0.2) is 35.3 Å². The number of esters is 1. The average Bonchev–Trinajstić information content (AvgIpc) is 3.01. The van der Waals surface area contributed by atoms with Crippen molar-refractivity contribution in [2.24, 2.45) is 4.99 Å². The van der Waals surface area contributed by atoms with Gasteiger partial charge in [-0.3, -0.25) is 4.99 Å². The van der Waals surface area contributed by atoms with E-state index >= 15 is 0 Å². The molecule has 2 aromatic rings. The van der Waals surface area contributed by atoms with Crippen LogP contribution in [-0.4, -0.2) is 36.5 Å². The number of carbonyl (C=O) groups excluding carboxylic acids is 1. The Morgan fingerprint density at radius 1 is 1.17 bits per heavy atom. The quantitative estimate of drug-likeness (QED) is 0.686. The van der Waals surface area contributed by atoms with Gasteiger partial charge in [0.25, 0.3) is 0 Å². The van der Waals surface area contributed by atoms with E-state index in [-0.39, 0.29) is 17.1 Å². The summed E-state index contributed by atoms with van der Waals surface area (Å²) < 4.78 is 17.1. The van der Waals surface area contributed by atoms with Gasteiger partial charge in [0.15, 0.2) is 11.5 Å². The third-order valence-electron chi connectivity index (χ3n) is 5.55. The summed E-state index contributed by atoms with van der Waals surface area (Å²) >= 11 is 0. The van der Waals surface area contributed by atoms with Crippen LogP contribution in [0.3, 0.4) is 0 Å². The highest BCUT2D eigenvalue weighted by Gasteiger charge is 2.39. The second-order valence-corrected chi connectivity index (χ2v) is 9.21. The first kappa shape index (κ1) is 20.5. The van der Waals surface area contributed by atoms with Crippen molar-refractivity contribution in [3.05, 3.63) is 58.1 Å². The number of methoxy groups -OCH3 is 1. The zero-order valence-corrected chi connectivity index (χ0v) is 18.6. The minimum Gasteiger partial charge on any atom is -0.493 e. The van der Waals surface area contributed by atoms with E-state index in [1.807, 2.05) is 25.1 Å². The van der Waals surface area contributed by atoms with Crippen LogP contribution >= 0.6 is 0 Å². The maximum atomic E-state index is 12.3. The maximum absolute atomic E-state index is 12.3. The molecule has 0 unspecified atom stereocenters. The Bertz CT molecular complexity index is 1050. The molecule has 2 aliphatic rings. The van der Waals surface area contributed by atoms with E-state index < -0.39 is 0 Å². The lowest BCUT2D eigenvalue weighted by atomic mass is 9.81. The molecule has 5 heteroatoms. The van der Waals surface area contributed by atoms with Crippen molar-refractivity contribution in [1.29, 1.82) is 0 Å². The lowest BCUT2D eigenvalue weighted by molar-refractivity contribution is 0.0526. The minimum absolute atomic E-state index is 0.267. The summed E-state index contributed by atoms with van der Waals surface area (Å²) in [5.41, 5.74) is 5.19.